The molecule has 1 aliphatic rings. The predicted molar refractivity (Wildman–Crippen MR) is 101 cm³/mol. The van der Waals surface area contributed by atoms with Gasteiger partial charge in [0.1, 0.15) is 0 Å². The highest BCUT2D eigenvalue weighted by Crippen LogP contribution is 2.25. The number of nitrogens with zero attached hydrogens (tertiary/aromatic N) is 1. The Balaban J connectivity index is 0.00000192. The first-order valence-corrected chi connectivity index (χ1v) is 9.74. The van der Waals surface area contributed by atoms with Crippen LogP contribution in [0.5, 0.6) is 0 Å². The SMILES string of the molecule is Cl.O=C(NCC(c1ccsc1)N1CCCCCC1)c1cccs1. The highest BCUT2D eigenvalue weighted by Gasteiger charge is 2.22. The minimum absolute atomic E-state index is 0. The van der Waals surface area contributed by atoms with Gasteiger partial charge in [-0.1, -0.05) is 18.9 Å². The molecule has 1 unspecified atom stereocenters. The van der Waals surface area contributed by atoms with E-state index in [-0.39, 0.29) is 18.3 Å². The molecular weight excluding hydrogens is 348 g/mol. The number of likely N-dealkylation sites (tertiary alicyclic amines) is 1. The summed E-state index contributed by atoms with van der Waals surface area (Å²) >= 11 is 3.23. The van der Waals surface area contributed by atoms with Crippen LogP contribution >= 0.6 is 35.1 Å². The second kappa shape index (κ2) is 9.42. The van der Waals surface area contributed by atoms with E-state index in [1.807, 2.05) is 17.5 Å². The van der Waals surface area contributed by atoms with Gasteiger partial charge in [0.05, 0.1) is 10.9 Å². The van der Waals surface area contributed by atoms with Gasteiger partial charge in [0.25, 0.3) is 5.91 Å². The average molecular weight is 371 g/mol. The van der Waals surface area contributed by atoms with Crippen LogP contribution in [0.4, 0.5) is 0 Å². The molecule has 2 aromatic rings. The molecule has 1 N–H and O–H groups in total. The summed E-state index contributed by atoms with van der Waals surface area (Å²) in [5, 5.41) is 9.41. The highest BCUT2D eigenvalue weighted by atomic mass is 35.5. The van der Waals surface area contributed by atoms with Crippen molar-refractivity contribution in [3.05, 3.63) is 44.8 Å². The molecule has 3 rings (SSSR count). The van der Waals surface area contributed by atoms with E-state index in [0.717, 1.165) is 18.0 Å². The number of carbonyl (C=O) groups is 1. The van der Waals surface area contributed by atoms with Crippen LogP contribution in [0, 0.1) is 0 Å². The zero-order chi connectivity index (χ0) is 15.2. The Morgan fingerprint density at radius 1 is 1.17 bits per heavy atom. The maximum atomic E-state index is 12.2. The summed E-state index contributed by atoms with van der Waals surface area (Å²) in [5.41, 5.74) is 1.33. The molecular formula is C17H23ClN2OS2. The van der Waals surface area contributed by atoms with Gasteiger partial charge in [-0.15, -0.1) is 23.7 Å². The summed E-state index contributed by atoms with van der Waals surface area (Å²) < 4.78 is 0. The van der Waals surface area contributed by atoms with Crippen molar-refractivity contribution in [2.75, 3.05) is 19.6 Å². The number of hydrogen-bond donors (Lipinski definition) is 1. The fourth-order valence-electron chi connectivity index (χ4n) is 3.01. The zero-order valence-electron chi connectivity index (χ0n) is 13.1. The lowest BCUT2D eigenvalue weighted by Gasteiger charge is -2.30. The van der Waals surface area contributed by atoms with Crippen molar-refractivity contribution in [2.24, 2.45) is 0 Å². The molecule has 0 bridgehead atoms. The molecule has 0 aromatic carbocycles. The second-order valence-electron chi connectivity index (χ2n) is 5.71. The molecule has 0 saturated carbocycles. The average Bonchev–Trinajstić information content (AvgIpc) is 3.18. The smallest absolute Gasteiger partial charge is 0.261 e. The second-order valence-corrected chi connectivity index (χ2v) is 7.44. The maximum Gasteiger partial charge on any atom is 0.261 e. The fraction of sp³-hybridized carbons (Fsp3) is 0.471. The number of halogens is 1. The van der Waals surface area contributed by atoms with Crippen LogP contribution in [-0.4, -0.2) is 30.4 Å². The maximum absolute atomic E-state index is 12.2. The summed E-state index contributed by atoms with van der Waals surface area (Å²) in [6, 6.07) is 6.29. The molecule has 1 amide bonds. The first-order chi connectivity index (χ1) is 10.8. The standard InChI is InChI=1S/C17H22N2OS2.ClH/c20-17(16-6-5-10-22-16)18-12-15(14-7-11-21-13-14)19-8-3-1-2-4-9-19;/h5-7,10-11,13,15H,1-4,8-9,12H2,(H,18,20);1H. The molecule has 3 heterocycles. The quantitative estimate of drug-likeness (QED) is 0.835. The van der Waals surface area contributed by atoms with Crippen molar-refractivity contribution >= 4 is 41.0 Å². The molecule has 2 aromatic heterocycles. The van der Waals surface area contributed by atoms with Crippen LogP contribution in [-0.2, 0) is 0 Å². The summed E-state index contributed by atoms with van der Waals surface area (Å²) in [6.45, 7) is 2.96. The van der Waals surface area contributed by atoms with Gasteiger partial charge in [-0.2, -0.15) is 11.3 Å². The molecule has 23 heavy (non-hydrogen) atoms. The molecule has 1 saturated heterocycles. The van der Waals surface area contributed by atoms with Crippen molar-refractivity contribution < 1.29 is 4.79 Å². The summed E-state index contributed by atoms with van der Waals surface area (Å²) in [4.78, 5) is 15.6. The third kappa shape index (κ3) is 5.05. The third-order valence-corrected chi connectivity index (χ3v) is 5.78. The third-order valence-electron chi connectivity index (χ3n) is 4.21. The number of nitrogens with one attached hydrogen (secondary N) is 1. The molecule has 6 heteroatoms. The minimum Gasteiger partial charge on any atom is -0.349 e. The van der Waals surface area contributed by atoms with Gasteiger partial charge >= 0.3 is 0 Å². The zero-order valence-corrected chi connectivity index (χ0v) is 15.5. The van der Waals surface area contributed by atoms with Gasteiger partial charge in [-0.3, -0.25) is 9.69 Å². The Morgan fingerprint density at radius 2 is 1.96 bits per heavy atom. The normalized spacial score (nSPS) is 17.0. The fourth-order valence-corrected chi connectivity index (χ4v) is 4.36. The van der Waals surface area contributed by atoms with Crippen LogP contribution in [0.2, 0.25) is 0 Å². The van der Waals surface area contributed by atoms with Gasteiger partial charge < -0.3 is 5.32 Å². The number of hydrogen-bond acceptors (Lipinski definition) is 4. The van der Waals surface area contributed by atoms with Gasteiger partial charge in [-0.05, 0) is 59.8 Å². The first kappa shape index (κ1) is 18.5. The summed E-state index contributed by atoms with van der Waals surface area (Å²) in [7, 11) is 0. The van der Waals surface area contributed by atoms with E-state index in [2.05, 4.69) is 27.0 Å². The van der Waals surface area contributed by atoms with Gasteiger partial charge in [0.2, 0.25) is 0 Å². The number of carbonyl (C=O) groups excluding carboxylic acids is 1. The molecule has 126 valence electrons. The minimum atomic E-state index is 0. The van der Waals surface area contributed by atoms with E-state index >= 15 is 0 Å². The van der Waals surface area contributed by atoms with Crippen LogP contribution in [0.1, 0.15) is 47.0 Å². The van der Waals surface area contributed by atoms with Crippen molar-refractivity contribution in [1.82, 2.24) is 10.2 Å². The van der Waals surface area contributed by atoms with E-state index in [4.69, 9.17) is 0 Å². The molecule has 1 fully saturated rings. The van der Waals surface area contributed by atoms with Gasteiger partial charge in [-0.25, -0.2) is 0 Å². The molecule has 0 aliphatic carbocycles. The monoisotopic (exact) mass is 370 g/mol. The molecule has 0 spiro atoms. The molecule has 1 aliphatic heterocycles. The van der Waals surface area contributed by atoms with Crippen molar-refractivity contribution in [1.29, 1.82) is 0 Å². The lowest BCUT2D eigenvalue weighted by atomic mass is 10.1. The molecule has 1 atom stereocenters. The van der Waals surface area contributed by atoms with Crippen LogP contribution in [0.25, 0.3) is 0 Å². The Hall–Kier alpha value is -0.880. The van der Waals surface area contributed by atoms with Gasteiger partial charge in [0, 0.05) is 6.54 Å². The Bertz CT molecular complexity index is 563. The number of rotatable bonds is 5. The molecule has 3 nitrogen and oxygen atoms in total. The highest BCUT2D eigenvalue weighted by molar-refractivity contribution is 7.12. The van der Waals surface area contributed by atoms with Crippen LogP contribution in [0.3, 0.4) is 0 Å². The first-order valence-electron chi connectivity index (χ1n) is 7.92. The predicted octanol–water partition coefficient (Wildman–Crippen LogP) is 4.58. The number of amides is 1. The van der Waals surface area contributed by atoms with E-state index in [0.29, 0.717) is 12.6 Å². The lowest BCUT2D eigenvalue weighted by molar-refractivity contribution is 0.0937. The van der Waals surface area contributed by atoms with E-state index in [9.17, 15) is 4.79 Å². The van der Waals surface area contributed by atoms with E-state index < -0.39 is 0 Å². The van der Waals surface area contributed by atoms with E-state index in [1.54, 1.807) is 11.3 Å². The van der Waals surface area contributed by atoms with Crippen molar-refractivity contribution in [3.8, 4) is 0 Å². The Kier molecular flexibility index (Phi) is 7.56. The van der Waals surface area contributed by atoms with Crippen LogP contribution in [0.15, 0.2) is 34.3 Å². The van der Waals surface area contributed by atoms with Gasteiger partial charge in [0.15, 0.2) is 0 Å². The Morgan fingerprint density at radius 3 is 2.57 bits per heavy atom. The Labute approximate surface area is 152 Å². The largest absolute Gasteiger partial charge is 0.349 e. The lowest BCUT2D eigenvalue weighted by Crippen LogP contribution is -2.38. The van der Waals surface area contributed by atoms with E-state index in [1.165, 1.54) is 42.6 Å². The van der Waals surface area contributed by atoms with Crippen molar-refractivity contribution in [2.45, 2.75) is 31.7 Å². The summed E-state index contributed by atoms with van der Waals surface area (Å²) in [6.07, 6.45) is 5.18. The van der Waals surface area contributed by atoms with Crippen LogP contribution < -0.4 is 5.32 Å². The van der Waals surface area contributed by atoms with Crippen molar-refractivity contribution in [3.63, 3.8) is 0 Å². The topological polar surface area (TPSA) is 32.3 Å². The molecule has 0 radical (unpaired) electrons. The number of thiophene rings is 2. The summed E-state index contributed by atoms with van der Waals surface area (Å²) in [5.74, 6) is 0.0463.